The predicted molar refractivity (Wildman–Crippen MR) is 64.0 cm³/mol. The van der Waals surface area contributed by atoms with Gasteiger partial charge in [0, 0.05) is 18.2 Å². The van der Waals surface area contributed by atoms with Gasteiger partial charge in [0.2, 0.25) is 10.0 Å². The third-order valence-corrected chi connectivity index (χ3v) is 3.71. The van der Waals surface area contributed by atoms with Crippen LogP contribution in [0.25, 0.3) is 0 Å². The second kappa shape index (κ2) is 5.33. The molecule has 3 N–H and O–H groups in total. The third kappa shape index (κ3) is 3.18. The van der Waals surface area contributed by atoms with E-state index in [1.807, 2.05) is 0 Å². The van der Waals surface area contributed by atoms with E-state index in [2.05, 4.69) is 10.6 Å². The monoisotopic (exact) mass is 274 g/mol. The number of nitrogen functional groups attached to an aromatic ring is 1. The molecule has 0 aliphatic heterocycles. The van der Waals surface area contributed by atoms with Gasteiger partial charge in [-0.2, -0.15) is 0 Å². The molecular weight excluding hydrogens is 262 g/mol. The number of nitrogens with one attached hydrogen (secondary N) is 1. The molecule has 98 valence electrons. The zero-order valence-corrected chi connectivity index (χ0v) is 10.4. The van der Waals surface area contributed by atoms with E-state index in [-0.39, 0.29) is 12.1 Å². The average Bonchev–Trinajstić information content (AvgIpc) is 2.13. The van der Waals surface area contributed by atoms with Crippen LogP contribution in [0.2, 0.25) is 0 Å². The Labute approximate surface area is 104 Å². The van der Waals surface area contributed by atoms with E-state index in [9.17, 15) is 17.2 Å². The first-order chi connectivity index (χ1) is 8.27. The summed E-state index contributed by atoms with van der Waals surface area (Å²) in [7, 11) is -4.31. The number of halogens is 2. The Hall–Kier alpha value is -1.65. The lowest BCUT2D eigenvalue weighted by molar-refractivity contribution is 0.509. The van der Waals surface area contributed by atoms with Gasteiger partial charge < -0.3 is 5.73 Å². The van der Waals surface area contributed by atoms with Gasteiger partial charge in [-0.15, -0.1) is 12.3 Å². The Kier molecular flexibility index (Phi) is 4.27. The summed E-state index contributed by atoms with van der Waals surface area (Å²) >= 11 is 0. The molecule has 0 saturated carbocycles. The number of hydrogen-bond donors (Lipinski definition) is 2. The van der Waals surface area contributed by atoms with Crippen molar-refractivity contribution >= 4 is 15.7 Å². The smallest absolute Gasteiger partial charge is 0.246 e. The molecule has 4 nitrogen and oxygen atoms in total. The fourth-order valence-corrected chi connectivity index (χ4v) is 2.74. The van der Waals surface area contributed by atoms with Gasteiger partial charge in [0.1, 0.15) is 11.6 Å². The number of terminal acetylenes is 1. The molecule has 0 aliphatic carbocycles. The molecule has 0 fully saturated rings. The molecule has 0 spiro atoms. The highest BCUT2D eigenvalue weighted by molar-refractivity contribution is 7.89. The number of hydrogen-bond acceptors (Lipinski definition) is 3. The van der Waals surface area contributed by atoms with Crippen molar-refractivity contribution < 1.29 is 17.2 Å². The lowest BCUT2D eigenvalue weighted by Gasteiger charge is -2.13. The molecule has 0 radical (unpaired) electrons. The minimum atomic E-state index is -4.31. The average molecular weight is 274 g/mol. The number of benzene rings is 1. The minimum absolute atomic E-state index is 0.109. The van der Waals surface area contributed by atoms with E-state index in [0.717, 1.165) is 12.1 Å². The first kappa shape index (κ1) is 14.4. The maximum atomic E-state index is 13.5. The summed E-state index contributed by atoms with van der Waals surface area (Å²) in [4.78, 5) is -1.06. The third-order valence-electron chi connectivity index (χ3n) is 2.07. The molecule has 0 aromatic heterocycles. The Morgan fingerprint density at radius 2 is 1.94 bits per heavy atom. The van der Waals surface area contributed by atoms with Crippen molar-refractivity contribution in [1.82, 2.24) is 4.72 Å². The zero-order chi connectivity index (χ0) is 13.9. The highest BCUT2D eigenvalue weighted by Gasteiger charge is 2.25. The van der Waals surface area contributed by atoms with Crippen molar-refractivity contribution in [3.05, 3.63) is 23.8 Å². The Bertz CT molecular complexity index is 571. The minimum Gasteiger partial charge on any atom is -0.399 e. The molecule has 1 rings (SSSR count). The first-order valence-electron chi connectivity index (χ1n) is 4.98. The largest absolute Gasteiger partial charge is 0.399 e. The van der Waals surface area contributed by atoms with Gasteiger partial charge in [-0.25, -0.2) is 21.9 Å². The lowest BCUT2D eigenvalue weighted by atomic mass is 10.3. The predicted octanol–water partition coefficient (Wildman–Crippen LogP) is 1.24. The summed E-state index contributed by atoms with van der Waals surface area (Å²) in [6.07, 6.45) is 5.13. The van der Waals surface area contributed by atoms with Gasteiger partial charge in [-0.05, 0) is 19.1 Å². The molecule has 1 unspecified atom stereocenters. The van der Waals surface area contributed by atoms with Crippen LogP contribution in [0.15, 0.2) is 17.0 Å². The van der Waals surface area contributed by atoms with E-state index >= 15 is 0 Å². The Balaban J connectivity index is 3.18. The van der Waals surface area contributed by atoms with Crippen LogP contribution in [0, 0.1) is 24.0 Å². The maximum absolute atomic E-state index is 13.5. The summed E-state index contributed by atoms with van der Waals surface area (Å²) in [5.74, 6) is -0.240. The molecule has 0 aliphatic rings. The second-order valence-electron chi connectivity index (χ2n) is 3.74. The highest BCUT2D eigenvalue weighted by atomic mass is 32.2. The van der Waals surface area contributed by atoms with Crippen molar-refractivity contribution in [3.63, 3.8) is 0 Å². The SMILES string of the molecule is C#CCC(C)NS(=O)(=O)c1c(F)cc(N)cc1F. The molecule has 0 bridgehead atoms. The summed E-state index contributed by atoms with van der Waals surface area (Å²) in [6.45, 7) is 1.49. The number of rotatable bonds is 4. The maximum Gasteiger partial charge on any atom is 0.246 e. The van der Waals surface area contributed by atoms with Crippen LogP contribution in [-0.4, -0.2) is 14.5 Å². The Morgan fingerprint density at radius 1 is 1.44 bits per heavy atom. The highest BCUT2D eigenvalue weighted by Crippen LogP contribution is 2.21. The van der Waals surface area contributed by atoms with Crippen LogP contribution < -0.4 is 10.5 Å². The van der Waals surface area contributed by atoms with E-state index in [1.54, 1.807) is 0 Å². The molecule has 18 heavy (non-hydrogen) atoms. The van der Waals surface area contributed by atoms with Gasteiger partial charge in [-0.3, -0.25) is 0 Å². The summed E-state index contributed by atoms with van der Waals surface area (Å²) in [6, 6.07) is 0.851. The zero-order valence-electron chi connectivity index (χ0n) is 9.57. The van der Waals surface area contributed by atoms with Crippen LogP contribution in [-0.2, 0) is 10.0 Å². The Morgan fingerprint density at radius 3 is 2.39 bits per heavy atom. The normalized spacial score (nSPS) is 13.0. The number of anilines is 1. The van der Waals surface area contributed by atoms with Crippen molar-refractivity contribution in [2.75, 3.05) is 5.73 Å². The summed E-state index contributed by atoms with van der Waals surface area (Å²) in [5, 5.41) is 0. The van der Waals surface area contributed by atoms with E-state index in [1.165, 1.54) is 6.92 Å². The standard InChI is InChI=1S/C11H12F2N2O2S/c1-3-4-7(2)15-18(16,17)11-9(12)5-8(14)6-10(11)13/h1,5-7,15H,4,14H2,2H3. The molecule has 0 heterocycles. The topological polar surface area (TPSA) is 72.2 Å². The van der Waals surface area contributed by atoms with E-state index in [0.29, 0.717) is 0 Å². The van der Waals surface area contributed by atoms with Gasteiger partial charge >= 0.3 is 0 Å². The summed E-state index contributed by atoms with van der Waals surface area (Å²) < 4.78 is 52.6. The fourth-order valence-electron chi connectivity index (χ4n) is 1.38. The molecule has 7 heteroatoms. The van der Waals surface area contributed by atoms with E-state index < -0.39 is 32.6 Å². The van der Waals surface area contributed by atoms with Gasteiger partial charge in [0.05, 0.1) is 0 Å². The molecular formula is C11H12F2N2O2S. The van der Waals surface area contributed by atoms with Crippen molar-refractivity contribution in [1.29, 1.82) is 0 Å². The van der Waals surface area contributed by atoms with Crippen LogP contribution >= 0.6 is 0 Å². The van der Waals surface area contributed by atoms with Crippen LogP contribution in [0.1, 0.15) is 13.3 Å². The van der Waals surface area contributed by atoms with Crippen LogP contribution in [0.4, 0.5) is 14.5 Å². The second-order valence-corrected chi connectivity index (χ2v) is 5.40. The molecule has 0 amide bonds. The fraction of sp³-hybridized carbons (Fsp3) is 0.273. The molecule has 1 aromatic rings. The van der Waals surface area contributed by atoms with Crippen molar-refractivity contribution in [3.8, 4) is 12.3 Å². The van der Waals surface area contributed by atoms with Gasteiger partial charge in [0.25, 0.3) is 0 Å². The van der Waals surface area contributed by atoms with E-state index in [4.69, 9.17) is 12.2 Å². The summed E-state index contributed by atoms with van der Waals surface area (Å²) in [5.41, 5.74) is 5.00. The van der Waals surface area contributed by atoms with Gasteiger partial charge in [-0.1, -0.05) is 0 Å². The van der Waals surface area contributed by atoms with Gasteiger partial charge in [0.15, 0.2) is 4.90 Å². The first-order valence-corrected chi connectivity index (χ1v) is 6.46. The molecule has 0 saturated heterocycles. The van der Waals surface area contributed by atoms with Crippen molar-refractivity contribution in [2.45, 2.75) is 24.3 Å². The molecule has 1 aromatic carbocycles. The number of sulfonamides is 1. The molecule has 1 atom stereocenters. The number of nitrogens with two attached hydrogens (primary N) is 1. The van der Waals surface area contributed by atoms with Crippen molar-refractivity contribution in [2.24, 2.45) is 0 Å². The quantitative estimate of drug-likeness (QED) is 0.641. The lowest BCUT2D eigenvalue weighted by Crippen LogP contribution is -2.33. The van der Waals surface area contributed by atoms with Crippen LogP contribution in [0.5, 0.6) is 0 Å². The van der Waals surface area contributed by atoms with Crippen LogP contribution in [0.3, 0.4) is 0 Å².